The van der Waals surface area contributed by atoms with Gasteiger partial charge in [-0.3, -0.25) is 0 Å². The molecule has 1 rings (SSSR count). The third kappa shape index (κ3) is 3.43. The molecule has 0 saturated carbocycles. The molecule has 3 heteroatoms. The van der Waals surface area contributed by atoms with E-state index in [-0.39, 0.29) is 0 Å². The van der Waals surface area contributed by atoms with Crippen molar-refractivity contribution in [3.8, 4) is 0 Å². The van der Waals surface area contributed by atoms with Gasteiger partial charge in [0.05, 0.1) is 13.2 Å². The molecule has 0 fully saturated rings. The van der Waals surface area contributed by atoms with Crippen LogP contribution in [0.15, 0.2) is 30.3 Å². The highest BCUT2D eigenvalue weighted by atomic mass is 31.2. The molecule has 1 aromatic carbocycles. The van der Waals surface area contributed by atoms with Crippen molar-refractivity contribution in [3.05, 3.63) is 30.3 Å². The first-order chi connectivity index (χ1) is 6.38. The normalized spacial score (nSPS) is 10.7. The van der Waals surface area contributed by atoms with Gasteiger partial charge in [-0.1, -0.05) is 18.2 Å². The summed E-state index contributed by atoms with van der Waals surface area (Å²) in [6, 6.07) is 10.1. The fourth-order valence-corrected chi connectivity index (χ4v) is 2.23. The van der Waals surface area contributed by atoms with Crippen LogP contribution in [-0.2, 0) is 9.05 Å². The summed E-state index contributed by atoms with van der Waals surface area (Å²) >= 11 is 0. The van der Waals surface area contributed by atoms with E-state index in [9.17, 15) is 0 Å². The Kier molecular flexibility index (Phi) is 4.99. The van der Waals surface area contributed by atoms with Crippen LogP contribution in [0.5, 0.6) is 0 Å². The molecule has 0 N–H and O–H groups in total. The summed E-state index contributed by atoms with van der Waals surface area (Å²) in [4.78, 5) is 0. The molecule has 0 atom stereocenters. The van der Waals surface area contributed by atoms with E-state index >= 15 is 0 Å². The first kappa shape index (κ1) is 10.6. The smallest absolute Gasteiger partial charge is 0.205 e. The molecule has 0 heterocycles. The molecule has 0 aliphatic heterocycles. The number of hydrogen-bond donors (Lipinski definition) is 0. The summed E-state index contributed by atoms with van der Waals surface area (Å²) in [5.41, 5.74) is 0. The molecule has 0 aromatic heterocycles. The quantitative estimate of drug-likeness (QED) is 0.677. The molecule has 0 aliphatic carbocycles. The van der Waals surface area contributed by atoms with Crippen molar-refractivity contribution in [2.75, 3.05) is 13.2 Å². The van der Waals surface area contributed by atoms with Crippen molar-refractivity contribution in [2.24, 2.45) is 0 Å². The zero-order chi connectivity index (χ0) is 9.52. The Balaban J connectivity index is 2.64. The molecular weight excluding hydrogens is 183 g/mol. The predicted molar refractivity (Wildman–Crippen MR) is 56.2 cm³/mol. The summed E-state index contributed by atoms with van der Waals surface area (Å²) in [6.07, 6.45) is 0. The molecule has 0 unspecified atom stereocenters. The van der Waals surface area contributed by atoms with Crippen molar-refractivity contribution in [1.82, 2.24) is 0 Å². The third-order valence-electron chi connectivity index (χ3n) is 1.46. The van der Waals surface area contributed by atoms with Gasteiger partial charge < -0.3 is 9.05 Å². The van der Waals surface area contributed by atoms with Gasteiger partial charge in [0.15, 0.2) is 0 Å². The fraction of sp³-hybridized carbons (Fsp3) is 0.400. The monoisotopic (exact) mass is 198 g/mol. The highest BCUT2D eigenvalue weighted by Crippen LogP contribution is 2.36. The van der Waals surface area contributed by atoms with E-state index in [1.165, 1.54) is 0 Å². The van der Waals surface area contributed by atoms with Crippen LogP contribution in [-0.4, -0.2) is 13.2 Å². The molecule has 0 bridgehead atoms. The molecule has 0 aliphatic rings. The Labute approximate surface area is 80.8 Å². The van der Waals surface area contributed by atoms with Crippen LogP contribution in [0.25, 0.3) is 0 Å². The summed E-state index contributed by atoms with van der Waals surface area (Å²) in [5.74, 6) is 0. The van der Waals surface area contributed by atoms with Gasteiger partial charge in [0, 0.05) is 5.30 Å². The highest BCUT2D eigenvalue weighted by Gasteiger charge is 2.10. The Hall–Kier alpha value is -0.430. The van der Waals surface area contributed by atoms with Crippen LogP contribution in [0.4, 0.5) is 0 Å². The first-order valence-corrected chi connectivity index (χ1v) is 5.67. The Morgan fingerprint density at radius 1 is 1.00 bits per heavy atom. The van der Waals surface area contributed by atoms with Crippen LogP contribution >= 0.6 is 8.38 Å². The van der Waals surface area contributed by atoms with Crippen LogP contribution in [0.1, 0.15) is 13.8 Å². The summed E-state index contributed by atoms with van der Waals surface area (Å²) < 4.78 is 11.0. The minimum Gasteiger partial charge on any atom is -0.331 e. The maximum absolute atomic E-state index is 5.51. The average Bonchev–Trinajstić information content (AvgIpc) is 2.19. The topological polar surface area (TPSA) is 18.5 Å². The Bertz CT molecular complexity index is 220. The fourth-order valence-electron chi connectivity index (χ4n) is 0.971. The predicted octanol–water partition coefficient (Wildman–Crippen LogP) is 2.70. The largest absolute Gasteiger partial charge is 0.331 e. The van der Waals surface area contributed by atoms with Crippen LogP contribution in [0.3, 0.4) is 0 Å². The van der Waals surface area contributed by atoms with Crippen LogP contribution in [0.2, 0.25) is 0 Å². The maximum Gasteiger partial charge on any atom is 0.205 e. The molecule has 0 spiro atoms. The molecule has 2 nitrogen and oxygen atoms in total. The Morgan fingerprint density at radius 3 is 2.00 bits per heavy atom. The molecule has 0 amide bonds. The van der Waals surface area contributed by atoms with Crippen LogP contribution in [0, 0.1) is 0 Å². The van der Waals surface area contributed by atoms with Crippen molar-refractivity contribution in [2.45, 2.75) is 13.8 Å². The van der Waals surface area contributed by atoms with Crippen LogP contribution < -0.4 is 5.30 Å². The van der Waals surface area contributed by atoms with Gasteiger partial charge in [-0.25, -0.2) is 0 Å². The lowest BCUT2D eigenvalue weighted by atomic mass is 10.4. The number of rotatable bonds is 5. The lowest BCUT2D eigenvalue weighted by molar-refractivity contribution is 0.277. The minimum absolute atomic E-state index is 0.695. The summed E-state index contributed by atoms with van der Waals surface area (Å²) in [7, 11) is -0.856. The summed E-state index contributed by atoms with van der Waals surface area (Å²) in [6.45, 7) is 5.36. The molecule has 1 aromatic rings. The van der Waals surface area contributed by atoms with Crippen molar-refractivity contribution in [3.63, 3.8) is 0 Å². The number of hydrogen-bond acceptors (Lipinski definition) is 2. The van der Waals surface area contributed by atoms with E-state index in [4.69, 9.17) is 9.05 Å². The van der Waals surface area contributed by atoms with Crippen molar-refractivity contribution in [1.29, 1.82) is 0 Å². The van der Waals surface area contributed by atoms with E-state index < -0.39 is 8.38 Å². The molecule has 0 saturated heterocycles. The second-order valence-electron chi connectivity index (χ2n) is 2.43. The van der Waals surface area contributed by atoms with Gasteiger partial charge in [0.25, 0.3) is 0 Å². The zero-order valence-corrected chi connectivity index (χ0v) is 8.96. The van der Waals surface area contributed by atoms with Crippen molar-refractivity contribution >= 4 is 13.7 Å². The van der Waals surface area contributed by atoms with Gasteiger partial charge in [0.1, 0.15) is 0 Å². The zero-order valence-electron chi connectivity index (χ0n) is 8.06. The van der Waals surface area contributed by atoms with Gasteiger partial charge in [-0.05, 0) is 26.0 Å². The van der Waals surface area contributed by atoms with Crippen molar-refractivity contribution < 1.29 is 9.05 Å². The minimum atomic E-state index is -0.856. The molecule has 72 valence electrons. The standard InChI is InChI=1S/C10H15O2P/c1-3-11-13(12-4-2)10-8-6-5-7-9-10/h5-9H,3-4H2,1-2H3. The lowest BCUT2D eigenvalue weighted by Gasteiger charge is -2.15. The van der Waals surface area contributed by atoms with Gasteiger partial charge in [0.2, 0.25) is 8.38 Å². The summed E-state index contributed by atoms with van der Waals surface area (Å²) in [5, 5.41) is 1.14. The number of benzene rings is 1. The van der Waals surface area contributed by atoms with Gasteiger partial charge in [-0.15, -0.1) is 0 Å². The van der Waals surface area contributed by atoms with E-state index in [1.54, 1.807) is 0 Å². The van der Waals surface area contributed by atoms with E-state index in [2.05, 4.69) is 0 Å². The first-order valence-electron chi connectivity index (χ1n) is 4.49. The van der Waals surface area contributed by atoms with E-state index in [1.807, 2.05) is 44.2 Å². The Morgan fingerprint density at radius 2 is 1.54 bits per heavy atom. The van der Waals surface area contributed by atoms with Gasteiger partial charge in [-0.2, -0.15) is 0 Å². The second-order valence-corrected chi connectivity index (χ2v) is 3.98. The van der Waals surface area contributed by atoms with E-state index in [0.717, 1.165) is 5.30 Å². The lowest BCUT2D eigenvalue weighted by Crippen LogP contribution is -2.05. The third-order valence-corrected chi connectivity index (χ3v) is 3.16. The molecule has 0 radical (unpaired) electrons. The molecular formula is C10H15O2P. The molecule has 13 heavy (non-hydrogen) atoms. The van der Waals surface area contributed by atoms with Gasteiger partial charge >= 0.3 is 0 Å². The highest BCUT2D eigenvalue weighted by molar-refractivity contribution is 7.55. The SMILES string of the molecule is CCOP(OCC)c1ccccc1. The average molecular weight is 198 g/mol. The maximum atomic E-state index is 5.51. The van der Waals surface area contributed by atoms with E-state index in [0.29, 0.717) is 13.2 Å². The second kappa shape index (κ2) is 6.09.